The van der Waals surface area contributed by atoms with Gasteiger partial charge in [-0.2, -0.15) is 0 Å². The number of rotatable bonds is 3. The molecule has 2 rings (SSSR count). The van der Waals surface area contributed by atoms with Crippen LogP contribution in [-0.2, 0) is 9.47 Å². The predicted octanol–water partition coefficient (Wildman–Crippen LogP) is -6.01. The van der Waals surface area contributed by atoms with Crippen LogP contribution in [0.5, 0.6) is 0 Å². The minimum Gasteiger partial charge on any atom is -0.394 e. The summed E-state index contributed by atoms with van der Waals surface area (Å²) in [5.41, 5.74) is 0. The molecule has 11 heteroatoms. The lowest BCUT2D eigenvalue weighted by molar-refractivity contribution is -0.406. The SMILES string of the molecule is OC[C@H]1O[C@@H]([C@@]2(O)O[C@H](CO)[C@H](O)[C@H](O)[C@H]2O)[C@H](O)[C@@H](O)[C@H]1O. The highest BCUT2D eigenvalue weighted by molar-refractivity contribution is 5.05. The first-order valence-corrected chi connectivity index (χ1v) is 7.04. The van der Waals surface area contributed by atoms with Crippen LogP contribution in [0.1, 0.15) is 0 Å². The standard InChI is InChI=1S/C12H22O11/c13-1-3-5(15)7(17)9(19)11(22-3)12(21)10(20)8(18)6(16)4(2-14)23-12/h3-11,13-21H,1-2H2/t3-,4-,5+,6+,7+,8+,9-,10-,11-,12+/m1/s1. The van der Waals surface area contributed by atoms with Crippen LogP contribution in [0.15, 0.2) is 0 Å². The van der Waals surface area contributed by atoms with Crippen LogP contribution in [0.3, 0.4) is 0 Å². The lowest BCUT2D eigenvalue weighted by Gasteiger charge is -2.52. The van der Waals surface area contributed by atoms with Crippen LogP contribution in [0.4, 0.5) is 0 Å². The van der Waals surface area contributed by atoms with Crippen molar-refractivity contribution >= 4 is 0 Å². The molecule has 2 fully saturated rings. The maximum Gasteiger partial charge on any atom is 0.225 e. The van der Waals surface area contributed by atoms with E-state index in [0.29, 0.717) is 0 Å². The maximum absolute atomic E-state index is 10.5. The van der Waals surface area contributed by atoms with Gasteiger partial charge in [-0.25, -0.2) is 0 Å². The van der Waals surface area contributed by atoms with Crippen molar-refractivity contribution in [3.63, 3.8) is 0 Å². The topological polar surface area (TPSA) is 201 Å². The van der Waals surface area contributed by atoms with Crippen molar-refractivity contribution in [1.82, 2.24) is 0 Å². The number of hydrogen-bond donors (Lipinski definition) is 9. The van der Waals surface area contributed by atoms with Gasteiger partial charge in [-0.1, -0.05) is 0 Å². The molecule has 2 heterocycles. The molecule has 2 aliphatic heterocycles. The lowest BCUT2D eigenvalue weighted by atomic mass is 9.83. The Morgan fingerprint density at radius 3 is 1.74 bits per heavy atom. The van der Waals surface area contributed by atoms with Crippen molar-refractivity contribution in [2.24, 2.45) is 0 Å². The molecule has 23 heavy (non-hydrogen) atoms. The summed E-state index contributed by atoms with van der Waals surface area (Å²) in [5, 5.41) is 87.7. The molecule has 136 valence electrons. The fourth-order valence-electron chi connectivity index (χ4n) is 2.86. The van der Waals surface area contributed by atoms with Gasteiger partial charge in [0.1, 0.15) is 54.9 Å². The summed E-state index contributed by atoms with van der Waals surface area (Å²) in [6, 6.07) is 0. The van der Waals surface area contributed by atoms with Gasteiger partial charge in [0.2, 0.25) is 5.79 Å². The van der Waals surface area contributed by atoms with Gasteiger partial charge in [0, 0.05) is 0 Å². The van der Waals surface area contributed by atoms with Crippen molar-refractivity contribution in [3.8, 4) is 0 Å². The van der Waals surface area contributed by atoms with E-state index in [2.05, 4.69) is 0 Å². The van der Waals surface area contributed by atoms with E-state index < -0.39 is 73.9 Å². The van der Waals surface area contributed by atoms with Gasteiger partial charge in [-0.05, 0) is 0 Å². The summed E-state index contributed by atoms with van der Waals surface area (Å²) in [6.45, 7) is -1.60. The Morgan fingerprint density at radius 1 is 0.696 bits per heavy atom. The molecular weight excluding hydrogens is 320 g/mol. The molecule has 0 aromatic rings. The second-order valence-corrected chi connectivity index (χ2v) is 5.77. The molecule has 0 aliphatic carbocycles. The average molecular weight is 342 g/mol. The molecule has 0 bridgehead atoms. The van der Waals surface area contributed by atoms with Gasteiger partial charge >= 0.3 is 0 Å². The molecular formula is C12H22O11. The Morgan fingerprint density at radius 2 is 1.22 bits per heavy atom. The van der Waals surface area contributed by atoms with E-state index in [1.807, 2.05) is 0 Å². The smallest absolute Gasteiger partial charge is 0.225 e. The second-order valence-electron chi connectivity index (χ2n) is 5.77. The molecule has 0 unspecified atom stereocenters. The molecule has 2 saturated heterocycles. The lowest BCUT2D eigenvalue weighted by Crippen LogP contribution is -2.75. The number of hydrogen-bond acceptors (Lipinski definition) is 11. The highest BCUT2D eigenvalue weighted by Crippen LogP contribution is 2.37. The molecule has 0 amide bonds. The Bertz CT molecular complexity index is 404. The molecule has 0 radical (unpaired) electrons. The first-order valence-electron chi connectivity index (χ1n) is 7.04. The van der Waals surface area contributed by atoms with Crippen molar-refractivity contribution < 1.29 is 55.4 Å². The molecule has 0 spiro atoms. The van der Waals surface area contributed by atoms with Crippen molar-refractivity contribution in [3.05, 3.63) is 0 Å². The van der Waals surface area contributed by atoms with Crippen LogP contribution in [0, 0.1) is 0 Å². The number of aliphatic hydroxyl groups is 9. The fraction of sp³-hybridized carbons (Fsp3) is 1.00. The van der Waals surface area contributed by atoms with Crippen molar-refractivity contribution in [1.29, 1.82) is 0 Å². The van der Waals surface area contributed by atoms with E-state index >= 15 is 0 Å². The Hall–Kier alpha value is -0.440. The highest BCUT2D eigenvalue weighted by Gasteiger charge is 2.62. The van der Waals surface area contributed by atoms with Gasteiger partial charge in [0.25, 0.3) is 0 Å². The summed E-state index contributed by atoms with van der Waals surface area (Å²) >= 11 is 0. The molecule has 0 saturated carbocycles. The predicted molar refractivity (Wildman–Crippen MR) is 68.7 cm³/mol. The Balaban J connectivity index is 2.33. The van der Waals surface area contributed by atoms with Gasteiger partial charge in [-0.3, -0.25) is 0 Å². The molecule has 10 atom stereocenters. The third kappa shape index (κ3) is 2.99. The third-order valence-electron chi connectivity index (χ3n) is 4.30. The van der Waals surface area contributed by atoms with E-state index in [4.69, 9.17) is 19.7 Å². The number of aliphatic hydroxyl groups excluding tert-OH is 8. The van der Waals surface area contributed by atoms with Gasteiger partial charge in [-0.15, -0.1) is 0 Å². The van der Waals surface area contributed by atoms with E-state index in [0.717, 1.165) is 0 Å². The summed E-state index contributed by atoms with van der Waals surface area (Å²) < 4.78 is 10.1. The molecule has 2 aliphatic rings. The number of ether oxygens (including phenoxy) is 2. The van der Waals surface area contributed by atoms with E-state index in [1.54, 1.807) is 0 Å². The normalized spacial score (nSPS) is 54.9. The van der Waals surface area contributed by atoms with Gasteiger partial charge in [0.05, 0.1) is 13.2 Å². The summed E-state index contributed by atoms with van der Waals surface area (Å²) in [7, 11) is 0. The Labute approximate surface area is 130 Å². The van der Waals surface area contributed by atoms with Gasteiger partial charge in [0.15, 0.2) is 0 Å². The maximum atomic E-state index is 10.5. The molecule has 0 aromatic heterocycles. The monoisotopic (exact) mass is 342 g/mol. The summed E-state index contributed by atoms with van der Waals surface area (Å²) in [5.74, 6) is -2.82. The minimum absolute atomic E-state index is 0.776. The zero-order valence-electron chi connectivity index (χ0n) is 12.0. The minimum atomic E-state index is -2.82. The van der Waals surface area contributed by atoms with Crippen LogP contribution in [0.25, 0.3) is 0 Å². The average Bonchev–Trinajstić information content (AvgIpc) is 2.54. The molecule has 9 N–H and O–H groups in total. The van der Waals surface area contributed by atoms with E-state index in [1.165, 1.54) is 0 Å². The van der Waals surface area contributed by atoms with Crippen LogP contribution >= 0.6 is 0 Å². The zero-order valence-corrected chi connectivity index (χ0v) is 12.0. The fourth-order valence-corrected chi connectivity index (χ4v) is 2.86. The van der Waals surface area contributed by atoms with Crippen molar-refractivity contribution in [2.75, 3.05) is 13.2 Å². The second kappa shape index (κ2) is 6.82. The zero-order chi connectivity index (χ0) is 17.5. The third-order valence-corrected chi connectivity index (χ3v) is 4.30. The highest BCUT2D eigenvalue weighted by atomic mass is 16.7. The molecule has 0 aromatic carbocycles. The molecule has 11 nitrogen and oxygen atoms in total. The van der Waals surface area contributed by atoms with E-state index in [-0.39, 0.29) is 0 Å². The quantitative estimate of drug-likeness (QED) is 0.236. The first-order chi connectivity index (χ1) is 10.7. The van der Waals surface area contributed by atoms with Crippen LogP contribution < -0.4 is 0 Å². The largest absolute Gasteiger partial charge is 0.394 e. The Kier molecular flexibility index (Phi) is 5.60. The summed E-state index contributed by atoms with van der Waals surface area (Å²) in [6.07, 6.45) is -16.1. The first kappa shape index (κ1) is 18.9. The van der Waals surface area contributed by atoms with Gasteiger partial charge < -0.3 is 55.4 Å². The van der Waals surface area contributed by atoms with Crippen LogP contribution in [-0.4, -0.2) is 120 Å². The summed E-state index contributed by atoms with van der Waals surface area (Å²) in [4.78, 5) is 0. The van der Waals surface area contributed by atoms with Crippen molar-refractivity contribution in [2.45, 2.75) is 60.7 Å². The van der Waals surface area contributed by atoms with Crippen LogP contribution in [0.2, 0.25) is 0 Å². The van der Waals surface area contributed by atoms with E-state index in [9.17, 15) is 35.7 Å².